The van der Waals surface area contributed by atoms with Gasteiger partial charge >= 0.3 is 0 Å². The summed E-state index contributed by atoms with van der Waals surface area (Å²) >= 11 is 12.1. The fourth-order valence-electron chi connectivity index (χ4n) is 3.76. The molecule has 0 spiro atoms. The average molecular weight is 513 g/mol. The first-order valence-corrected chi connectivity index (χ1v) is 12.1. The molecule has 8 heteroatoms. The van der Waals surface area contributed by atoms with E-state index in [1.165, 1.54) is 0 Å². The molecule has 35 heavy (non-hydrogen) atoms. The lowest BCUT2D eigenvalue weighted by Gasteiger charge is -2.23. The molecule has 4 rings (SSSR count). The molecule has 1 aliphatic rings. The fourth-order valence-corrected chi connectivity index (χ4v) is 4.08. The van der Waals surface area contributed by atoms with E-state index in [1.54, 1.807) is 12.1 Å². The Balaban J connectivity index is 1.54. The number of aliphatic imine (C=N–C) groups is 1. The molecule has 0 saturated heterocycles. The van der Waals surface area contributed by atoms with Crippen molar-refractivity contribution in [2.24, 2.45) is 4.99 Å². The van der Waals surface area contributed by atoms with Crippen molar-refractivity contribution < 1.29 is 19.4 Å². The Labute approximate surface area is 214 Å². The molecule has 1 heterocycles. The number of aliphatic hydroxyl groups is 1. The van der Waals surface area contributed by atoms with Gasteiger partial charge in [-0.25, -0.2) is 4.99 Å². The smallest absolute Gasteiger partial charge is 0.252 e. The molecule has 182 valence electrons. The lowest BCUT2D eigenvalue weighted by molar-refractivity contribution is -0.126. The Morgan fingerprint density at radius 3 is 2.51 bits per heavy atom. The third kappa shape index (κ3) is 6.34. The van der Waals surface area contributed by atoms with Crippen molar-refractivity contribution in [2.75, 3.05) is 19.8 Å². The van der Waals surface area contributed by atoms with Crippen LogP contribution in [0.1, 0.15) is 23.1 Å². The third-order valence-corrected chi connectivity index (χ3v) is 6.37. The summed E-state index contributed by atoms with van der Waals surface area (Å²) in [6, 6.07) is 22.3. The number of benzene rings is 3. The van der Waals surface area contributed by atoms with Crippen LogP contribution in [-0.2, 0) is 22.5 Å². The topological polar surface area (TPSA) is 80.2 Å². The van der Waals surface area contributed by atoms with E-state index in [-0.39, 0.29) is 25.7 Å². The molecule has 1 atom stereocenters. The first-order valence-electron chi connectivity index (χ1n) is 11.3. The van der Waals surface area contributed by atoms with Gasteiger partial charge in [0.2, 0.25) is 5.90 Å². The molecule has 3 aromatic rings. The summed E-state index contributed by atoms with van der Waals surface area (Å²) in [5.74, 6) is 0.870. The molecule has 3 aromatic carbocycles. The first kappa shape index (κ1) is 25.0. The van der Waals surface area contributed by atoms with Gasteiger partial charge in [-0.05, 0) is 47.5 Å². The summed E-state index contributed by atoms with van der Waals surface area (Å²) in [4.78, 5) is 18.3. The summed E-state index contributed by atoms with van der Waals surface area (Å²) in [5, 5.41) is 12.8. The second-order valence-electron chi connectivity index (χ2n) is 8.28. The molecule has 0 saturated carbocycles. The zero-order valence-corrected chi connectivity index (χ0v) is 20.6. The zero-order valence-electron chi connectivity index (χ0n) is 19.0. The summed E-state index contributed by atoms with van der Waals surface area (Å²) in [6.07, 6.45) is 0.962. The van der Waals surface area contributed by atoms with E-state index in [2.05, 4.69) is 5.32 Å². The molecule has 0 unspecified atom stereocenters. The SMILES string of the molecule is O=C(NCc1ccc(Cl)c(Cl)c1)[C@@]1(Cc2ccccc2)COC(c2ccc(OCCCO)cc2)=N1. The second kappa shape index (κ2) is 11.6. The van der Waals surface area contributed by atoms with Gasteiger partial charge in [-0.2, -0.15) is 0 Å². The van der Waals surface area contributed by atoms with Crippen LogP contribution in [0.2, 0.25) is 10.0 Å². The molecule has 0 bridgehead atoms. The lowest BCUT2D eigenvalue weighted by Crippen LogP contribution is -2.48. The van der Waals surface area contributed by atoms with Gasteiger partial charge in [0.25, 0.3) is 5.91 Å². The number of aliphatic hydroxyl groups excluding tert-OH is 1. The second-order valence-corrected chi connectivity index (χ2v) is 9.10. The normalized spacial score (nSPS) is 16.9. The fraction of sp³-hybridized carbons (Fsp3) is 0.259. The lowest BCUT2D eigenvalue weighted by atomic mass is 9.91. The van der Waals surface area contributed by atoms with Gasteiger partial charge in [-0.1, -0.05) is 59.6 Å². The van der Waals surface area contributed by atoms with Crippen molar-refractivity contribution in [1.82, 2.24) is 5.32 Å². The third-order valence-electron chi connectivity index (χ3n) is 5.63. The van der Waals surface area contributed by atoms with Crippen molar-refractivity contribution in [3.05, 3.63) is 99.5 Å². The van der Waals surface area contributed by atoms with Crippen LogP contribution in [0.5, 0.6) is 5.75 Å². The first-order chi connectivity index (χ1) is 17.0. The van der Waals surface area contributed by atoms with E-state index in [4.69, 9.17) is 42.8 Å². The Morgan fingerprint density at radius 1 is 1.03 bits per heavy atom. The van der Waals surface area contributed by atoms with Crippen LogP contribution in [0.15, 0.2) is 77.8 Å². The number of hydrogen-bond acceptors (Lipinski definition) is 5. The zero-order chi connectivity index (χ0) is 24.7. The van der Waals surface area contributed by atoms with Gasteiger partial charge < -0.3 is 19.9 Å². The van der Waals surface area contributed by atoms with Gasteiger partial charge in [0, 0.05) is 31.6 Å². The predicted octanol–water partition coefficient (Wildman–Crippen LogP) is 4.83. The minimum Gasteiger partial charge on any atom is -0.494 e. The van der Waals surface area contributed by atoms with E-state index in [0.29, 0.717) is 41.1 Å². The molecule has 6 nitrogen and oxygen atoms in total. The number of halogens is 2. The van der Waals surface area contributed by atoms with Crippen LogP contribution in [0.4, 0.5) is 0 Å². The monoisotopic (exact) mass is 512 g/mol. The molecule has 0 aliphatic carbocycles. The van der Waals surface area contributed by atoms with Gasteiger partial charge in [-0.15, -0.1) is 0 Å². The average Bonchev–Trinajstić information content (AvgIpc) is 3.31. The Morgan fingerprint density at radius 2 is 1.80 bits per heavy atom. The minimum absolute atomic E-state index is 0.0827. The van der Waals surface area contributed by atoms with Crippen LogP contribution >= 0.6 is 23.2 Å². The highest BCUT2D eigenvalue weighted by Gasteiger charge is 2.44. The van der Waals surface area contributed by atoms with Gasteiger partial charge in [-0.3, -0.25) is 4.79 Å². The number of nitrogens with zero attached hydrogens (tertiary/aromatic N) is 1. The maximum Gasteiger partial charge on any atom is 0.252 e. The maximum atomic E-state index is 13.5. The minimum atomic E-state index is -1.11. The molecule has 1 aliphatic heterocycles. The van der Waals surface area contributed by atoms with Crippen LogP contribution in [-0.4, -0.2) is 42.3 Å². The number of carbonyl (C=O) groups excluding carboxylic acids is 1. The van der Waals surface area contributed by atoms with E-state index in [1.807, 2.05) is 60.7 Å². The number of amides is 1. The number of hydrogen-bond donors (Lipinski definition) is 2. The highest BCUT2D eigenvalue weighted by molar-refractivity contribution is 6.42. The summed E-state index contributed by atoms with van der Waals surface area (Å²) < 4.78 is 11.5. The summed E-state index contributed by atoms with van der Waals surface area (Å²) in [6.45, 7) is 0.933. The van der Waals surface area contributed by atoms with Gasteiger partial charge in [0.15, 0.2) is 5.54 Å². The summed E-state index contributed by atoms with van der Waals surface area (Å²) in [5.41, 5.74) is 1.47. The van der Waals surface area contributed by atoms with E-state index in [0.717, 1.165) is 16.7 Å². The molecule has 1 amide bonds. The number of rotatable bonds is 10. The Hall–Kier alpha value is -3.06. The van der Waals surface area contributed by atoms with Gasteiger partial charge in [0.05, 0.1) is 16.7 Å². The molecular formula is C27H26Cl2N2O4. The molecule has 0 radical (unpaired) electrons. The predicted molar refractivity (Wildman–Crippen MR) is 137 cm³/mol. The van der Waals surface area contributed by atoms with Crippen LogP contribution in [0.3, 0.4) is 0 Å². The molecular weight excluding hydrogens is 487 g/mol. The highest BCUT2D eigenvalue weighted by Crippen LogP contribution is 2.28. The molecule has 2 N–H and O–H groups in total. The van der Waals surface area contributed by atoms with Crippen LogP contribution < -0.4 is 10.1 Å². The number of nitrogens with one attached hydrogen (secondary N) is 1. The van der Waals surface area contributed by atoms with E-state index >= 15 is 0 Å². The van der Waals surface area contributed by atoms with E-state index < -0.39 is 5.54 Å². The maximum absolute atomic E-state index is 13.5. The van der Waals surface area contributed by atoms with Gasteiger partial charge in [0.1, 0.15) is 12.4 Å². The van der Waals surface area contributed by atoms with Crippen molar-refractivity contribution in [1.29, 1.82) is 0 Å². The largest absolute Gasteiger partial charge is 0.494 e. The Bertz CT molecular complexity index is 1190. The number of ether oxygens (including phenoxy) is 2. The van der Waals surface area contributed by atoms with E-state index in [9.17, 15) is 4.79 Å². The summed E-state index contributed by atoms with van der Waals surface area (Å²) in [7, 11) is 0. The molecule has 0 aromatic heterocycles. The van der Waals surface area contributed by atoms with Crippen molar-refractivity contribution >= 4 is 35.0 Å². The van der Waals surface area contributed by atoms with Crippen LogP contribution in [0, 0.1) is 0 Å². The standard InChI is InChI=1S/C27H26Cl2N2O4/c28-23-12-7-20(15-24(23)29)17-30-26(33)27(16-19-5-2-1-3-6-19)18-35-25(31-27)21-8-10-22(11-9-21)34-14-4-13-32/h1-3,5-12,15,32H,4,13-14,16-18H2,(H,30,33)/t27-/m1/s1. The Kier molecular flexibility index (Phi) is 8.29. The highest BCUT2D eigenvalue weighted by atomic mass is 35.5. The quantitative estimate of drug-likeness (QED) is 0.381. The van der Waals surface area contributed by atoms with Crippen molar-refractivity contribution in [3.63, 3.8) is 0 Å². The van der Waals surface area contributed by atoms with Crippen molar-refractivity contribution in [3.8, 4) is 5.75 Å². The van der Waals surface area contributed by atoms with Crippen LogP contribution in [0.25, 0.3) is 0 Å². The number of carbonyl (C=O) groups is 1. The molecule has 0 fully saturated rings. The van der Waals surface area contributed by atoms with Crippen molar-refractivity contribution in [2.45, 2.75) is 24.9 Å².